The van der Waals surface area contributed by atoms with Gasteiger partial charge in [0.2, 0.25) is 5.79 Å². The highest BCUT2D eigenvalue weighted by Crippen LogP contribution is 2.32. The van der Waals surface area contributed by atoms with Gasteiger partial charge in [-0.1, -0.05) is 120 Å². The van der Waals surface area contributed by atoms with Gasteiger partial charge >= 0.3 is 0 Å². The lowest BCUT2D eigenvalue weighted by Crippen LogP contribution is -2.36. The van der Waals surface area contributed by atoms with E-state index in [1.807, 2.05) is 24.3 Å². The summed E-state index contributed by atoms with van der Waals surface area (Å²) in [4.78, 5) is 0. The van der Waals surface area contributed by atoms with Gasteiger partial charge in [0.05, 0.1) is 0 Å². The van der Waals surface area contributed by atoms with Crippen LogP contribution in [0, 0.1) is 0 Å². The van der Waals surface area contributed by atoms with Crippen molar-refractivity contribution in [3.05, 3.63) is 89.0 Å². The van der Waals surface area contributed by atoms with Gasteiger partial charge in [-0.2, -0.15) is 0 Å². The largest absolute Gasteiger partial charge is 0.346 e. The number of allylic oxidation sites excluding steroid dienone is 2. The van der Waals surface area contributed by atoms with Gasteiger partial charge in [0.25, 0.3) is 0 Å². The molecule has 0 saturated heterocycles. The normalized spacial score (nSPS) is 17.6. The monoisotopic (exact) mass is 447 g/mol. The van der Waals surface area contributed by atoms with E-state index in [4.69, 9.17) is 0 Å². The van der Waals surface area contributed by atoms with E-state index < -0.39 is 5.79 Å². The fourth-order valence-electron chi connectivity index (χ4n) is 4.52. The van der Waals surface area contributed by atoms with Crippen molar-refractivity contribution >= 4 is 5.70 Å². The Bertz CT molecular complexity index is 878. The van der Waals surface area contributed by atoms with E-state index in [-0.39, 0.29) is 0 Å². The predicted molar refractivity (Wildman–Crippen MR) is 141 cm³/mol. The molecule has 1 nitrogen and oxygen atoms in total. The molecule has 0 spiro atoms. The molecule has 0 fully saturated rings. The Morgan fingerprint density at radius 3 is 1.82 bits per heavy atom. The smallest absolute Gasteiger partial charge is 0.225 e. The van der Waals surface area contributed by atoms with Crippen LogP contribution in [0.3, 0.4) is 0 Å². The molecule has 0 aliphatic carbocycles. The minimum atomic E-state index is -1.68. The second-order valence-electron chi connectivity index (χ2n) is 9.50. The number of unbranched alkanes of at least 4 members (excludes halogenated alkanes) is 8. The molecule has 1 N–H and O–H groups in total. The van der Waals surface area contributed by atoms with Crippen LogP contribution in [0.4, 0.5) is 4.39 Å². The third kappa shape index (κ3) is 7.88. The Hall–Kier alpha value is -2.35. The maximum Gasteiger partial charge on any atom is 0.225 e. The van der Waals surface area contributed by atoms with E-state index in [0.29, 0.717) is 5.56 Å². The number of hydrogen-bond donors (Lipinski definition) is 1. The first-order valence-electron chi connectivity index (χ1n) is 13.2. The van der Waals surface area contributed by atoms with Gasteiger partial charge in [-0.3, -0.25) is 0 Å². The first-order valence-corrected chi connectivity index (χ1v) is 13.2. The van der Waals surface area contributed by atoms with Crippen LogP contribution in [0.15, 0.2) is 66.8 Å². The van der Waals surface area contributed by atoms with Gasteiger partial charge in [0.1, 0.15) is 0 Å². The molecule has 0 amide bonds. The molecule has 2 heteroatoms. The second kappa shape index (κ2) is 13.4. The van der Waals surface area contributed by atoms with E-state index in [9.17, 15) is 0 Å². The van der Waals surface area contributed by atoms with Crippen molar-refractivity contribution in [3.63, 3.8) is 0 Å². The number of nitrogens with one attached hydrogen (secondary N) is 1. The Kier molecular flexibility index (Phi) is 10.2. The molecule has 33 heavy (non-hydrogen) atoms. The van der Waals surface area contributed by atoms with Crippen molar-refractivity contribution in [2.45, 2.75) is 96.7 Å². The Balaban J connectivity index is 1.52. The van der Waals surface area contributed by atoms with Crippen LogP contribution >= 0.6 is 0 Å². The Labute approximate surface area is 201 Å². The molecule has 1 heterocycles. The third-order valence-electron chi connectivity index (χ3n) is 6.68. The summed E-state index contributed by atoms with van der Waals surface area (Å²) in [6.07, 6.45) is 20.6. The molecule has 1 unspecified atom stereocenters. The molecule has 1 atom stereocenters. The molecule has 0 radical (unpaired) electrons. The fourth-order valence-corrected chi connectivity index (χ4v) is 4.52. The van der Waals surface area contributed by atoms with E-state index in [0.717, 1.165) is 24.1 Å². The zero-order chi connectivity index (χ0) is 23.4. The summed E-state index contributed by atoms with van der Waals surface area (Å²) in [6.45, 7) is 4.48. The number of dihydropyridines is 1. The van der Waals surface area contributed by atoms with Crippen molar-refractivity contribution in [1.82, 2.24) is 5.32 Å². The summed E-state index contributed by atoms with van der Waals surface area (Å²) in [5, 5.41) is 3.14. The van der Waals surface area contributed by atoms with Gasteiger partial charge in [-0.15, -0.1) is 0 Å². The van der Waals surface area contributed by atoms with Crippen LogP contribution in [0.2, 0.25) is 0 Å². The SMILES string of the molecule is CCCCCCCCCc1ccc(C2=CC=CC(F)(c3ccc(CCCCC)cc3)N2)cc1. The highest BCUT2D eigenvalue weighted by atomic mass is 19.1. The molecule has 2 aromatic rings. The lowest BCUT2D eigenvalue weighted by Gasteiger charge is -2.29. The molecule has 2 aromatic carbocycles. The second-order valence-corrected chi connectivity index (χ2v) is 9.50. The standard InChI is InChI=1S/C31H42FN/c1-3-5-7-8-9-10-12-15-26-17-21-28(22-18-26)30-16-13-25-31(32,33-30)29-23-19-27(20-24-29)14-11-6-4-2/h13,16-25,33H,3-12,14-15H2,1-2H3. The predicted octanol–water partition coefficient (Wildman–Crippen LogP) is 9.04. The minimum Gasteiger partial charge on any atom is -0.346 e. The first-order chi connectivity index (χ1) is 16.1. The highest BCUT2D eigenvalue weighted by Gasteiger charge is 2.31. The zero-order valence-electron chi connectivity index (χ0n) is 20.7. The molecule has 0 aromatic heterocycles. The third-order valence-corrected chi connectivity index (χ3v) is 6.68. The quantitative estimate of drug-likeness (QED) is 0.225. The summed E-state index contributed by atoms with van der Waals surface area (Å²) in [6, 6.07) is 16.6. The van der Waals surface area contributed by atoms with Crippen molar-refractivity contribution in [2.24, 2.45) is 0 Å². The van der Waals surface area contributed by atoms with Gasteiger partial charge in [-0.25, -0.2) is 4.39 Å². The van der Waals surface area contributed by atoms with E-state index in [1.54, 1.807) is 6.08 Å². The molecule has 0 bridgehead atoms. The lowest BCUT2D eigenvalue weighted by molar-refractivity contribution is 0.205. The molecule has 0 saturated carbocycles. The summed E-state index contributed by atoms with van der Waals surface area (Å²) >= 11 is 0. The van der Waals surface area contributed by atoms with Crippen molar-refractivity contribution < 1.29 is 4.39 Å². The van der Waals surface area contributed by atoms with Gasteiger partial charge in [-0.05, 0) is 54.5 Å². The van der Waals surface area contributed by atoms with Gasteiger partial charge in [0, 0.05) is 11.3 Å². The molecule has 1 aliphatic rings. The molecule has 3 rings (SSSR count). The maximum absolute atomic E-state index is 15.8. The Morgan fingerprint density at radius 1 is 0.667 bits per heavy atom. The molecular formula is C31H42FN. The minimum absolute atomic E-state index is 0.652. The number of alkyl halides is 1. The maximum atomic E-state index is 15.8. The van der Waals surface area contributed by atoms with Crippen LogP contribution in [-0.2, 0) is 18.6 Å². The number of benzene rings is 2. The van der Waals surface area contributed by atoms with Crippen LogP contribution in [0.5, 0.6) is 0 Å². The van der Waals surface area contributed by atoms with E-state index in [2.05, 4.69) is 55.6 Å². The molecular weight excluding hydrogens is 405 g/mol. The average molecular weight is 448 g/mol. The number of aryl methyl sites for hydroxylation is 2. The van der Waals surface area contributed by atoms with Gasteiger partial charge < -0.3 is 5.32 Å². The topological polar surface area (TPSA) is 12.0 Å². The first kappa shape index (κ1) is 25.3. The number of rotatable bonds is 14. The number of halogens is 1. The fraction of sp³-hybridized carbons (Fsp3) is 0.484. The van der Waals surface area contributed by atoms with Gasteiger partial charge in [0.15, 0.2) is 0 Å². The zero-order valence-corrected chi connectivity index (χ0v) is 20.7. The molecule has 178 valence electrons. The van der Waals surface area contributed by atoms with Crippen LogP contribution in [0.25, 0.3) is 5.70 Å². The molecule has 1 aliphatic heterocycles. The lowest BCUT2D eigenvalue weighted by atomic mass is 9.96. The van der Waals surface area contributed by atoms with E-state index in [1.165, 1.54) is 75.3 Å². The summed E-state index contributed by atoms with van der Waals surface area (Å²) in [5.74, 6) is -1.68. The van der Waals surface area contributed by atoms with Crippen LogP contribution in [0.1, 0.15) is 100 Å². The van der Waals surface area contributed by atoms with Crippen LogP contribution < -0.4 is 5.32 Å². The number of hydrogen-bond acceptors (Lipinski definition) is 1. The summed E-state index contributed by atoms with van der Waals surface area (Å²) in [5.41, 5.74) is 5.15. The van der Waals surface area contributed by atoms with Crippen LogP contribution in [-0.4, -0.2) is 0 Å². The van der Waals surface area contributed by atoms with Crippen molar-refractivity contribution in [1.29, 1.82) is 0 Å². The summed E-state index contributed by atoms with van der Waals surface area (Å²) in [7, 11) is 0. The average Bonchev–Trinajstić information content (AvgIpc) is 2.84. The van der Waals surface area contributed by atoms with Crippen molar-refractivity contribution in [3.8, 4) is 0 Å². The van der Waals surface area contributed by atoms with E-state index >= 15 is 4.39 Å². The highest BCUT2D eigenvalue weighted by molar-refractivity contribution is 5.68. The Morgan fingerprint density at radius 2 is 1.18 bits per heavy atom. The van der Waals surface area contributed by atoms with Crippen molar-refractivity contribution in [2.75, 3.05) is 0 Å². The summed E-state index contributed by atoms with van der Waals surface area (Å²) < 4.78 is 15.8.